The molecule has 5 rings (SSSR count). The molecule has 1 heterocycles. The molecule has 1 aliphatic heterocycles. The lowest BCUT2D eigenvalue weighted by Gasteiger charge is -2.26. The van der Waals surface area contributed by atoms with E-state index < -0.39 is 10.0 Å². The lowest BCUT2D eigenvalue weighted by Crippen LogP contribution is -2.40. The maximum atomic E-state index is 13.4. The quantitative estimate of drug-likeness (QED) is 0.265. The maximum absolute atomic E-state index is 13.4. The number of anilines is 3. The molecule has 0 unspecified atom stereocenters. The molecule has 0 N–H and O–H groups in total. The largest absolute Gasteiger partial charge is 0.497 e. The highest BCUT2D eigenvalue weighted by atomic mass is 32.2. The van der Waals surface area contributed by atoms with Crippen molar-refractivity contribution in [3.63, 3.8) is 0 Å². The van der Waals surface area contributed by atoms with Gasteiger partial charge in [0.25, 0.3) is 0 Å². The summed E-state index contributed by atoms with van der Waals surface area (Å²) in [6.45, 7) is 1.36. The van der Waals surface area contributed by atoms with Crippen LogP contribution in [0.25, 0.3) is 0 Å². The average molecular weight is 528 g/mol. The van der Waals surface area contributed by atoms with Crippen LogP contribution in [0.2, 0.25) is 0 Å². The van der Waals surface area contributed by atoms with E-state index in [0.717, 1.165) is 22.6 Å². The second kappa shape index (κ2) is 11.6. The van der Waals surface area contributed by atoms with Crippen molar-refractivity contribution in [2.75, 3.05) is 38.3 Å². The maximum Gasteiger partial charge on any atom is 0.245 e. The van der Waals surface area contributed by atoms with Gasteiger partial charge in [0.15, 0.2) is 0 Å². The number of rotatable bonds is 8. The average Bonchev–Trinajstić information content (AvgIpc) is 2.98. The molecular weight excluding hydrogens is 498 g/mol. The Labute approximate surface area is 223 Å². The van der Waals surface area contributed by atoms with Gasteiger partial charge in [0, 0.05) is 42.4 Å². The number of sulfonamides is 1. The van der Waals surface area contributed by atoms with E-state index in [9.17, 15) is 8.42 Å². The molecule has 0 radical (unpaired) electrons. The highest BCUT2D eigenvalue weighted by Crippen LogP contribution is 2.34. The molecule has 4 aromatic rings. The summed E-state index contributed by atoms with van der Waals surface area (Å²) < 4.78 is 38.9. The van der Waals surface area contributed by atoms with Crippen LogP contribution in [-0.4, -0.2) is 52.4 Å². The standard InChI is InChI=1S/C30H29N3O4S/c1-36-28-16-17-29(30(22-28)38(34,35)32-18-20-37-21-19-32)31-23-24-12-14-27(15-13-24)33(25-8-4-2-5-9-25)26-10-6-3-7-11-26/h2-17,22-23H,18-21H2,1H3. The number of morpholine rings is 1. The Morgan fingerprint density at radius 2 is 1.39 bits per heavy atom. The summed E-state index contributed by atoms with van der Waals surface area (Å²) in [5, 5.41) is 0. The van der Waals surface area contributed by atoms with Gasteiger partial charge in [-0.1, -0.05) is 48.5 Å². The first-order valence-corrected chi connectivity index (χ1v) is 13.8. The predicted molar refractivity (Wildman–Crippen MR) is 151 cm³/mol. The Bertz CT molecular complexity index is 1450. The molecule has 4 aromatic carbocycles. The zero-order valence-electron chi connectivity index (χ0n) is 21.1. The molecule has 38 heavy (non-hydrogen) atoms. The molecule has 0 amide bonds. The summed E-state index contributed by atoms with van der Waals surface area (Å²) in [4.78, 5) is 6.87. The molecule has 0 spiro atoms. The van der Waals surface area contributed by atoms with Gasteiger partial charge in [0.1, 0.15) is 10.6 Å². The van der Waals surface area contributed by atoms with E-state index in [0.29, 0.717) is 37.7 Å². The highest BCUT2D eigenvalue weighted by Gasteiger charge is 2.29. The molecule has 0 aromatic heterocycles. The van der Waals surface area contributed by atoms with Crippen LogP contribution in [0.5, 0.6) is 5.75 Å². The van der Waals surface area contributed by atoms with E-state index in [1.807, 2.05) is 60.7 Å². The topological polar surface area (TPSA) is 71.4 Å². The Kier molecular flexibility index (Phi) is 7.83. The van der Waals surface area contributed by atoms with Crippen molar-refractivity contribution in [1.29, 1.82) is 0 Å². The van der Waals surface area contributed by atoms with Crippen molar-refractivity contribution >= 4 is 39.0 Å². The number of hydrogen-bond acceptors (Lipinski definition) is 6. The zero-order chi connectivity index (χ0) is 26.4. The van der Waals surface area contributed by atoms with Crippen molar-refractivity contribution < 1.29 is 17.9 Å². The molecule has 8 heteroatoms. The smallest absolute Gasteiger partial charge is 0.245 e. The van der Waals surface area contributed by atoms with Crippen molar-refractivity contribution in [3.8, 4) is 5.75 Å². The van der Waals surface area contributed by atoms with Gasteiger partial charge in [-0.2, -0.15) is 4.31 Å². The van der Waals surface area contributed by atoms with Crippen molar-refractivity contribution in [2.24, 2.45) is 4.99 Å². The summed E-state index contributed by atoms with van der Waals surface area (Å²) in [6.07, 6.45) is 1.68. The fourth-order valence-electron chi connectivity index (χ4n) is 4.32. The third-order valence-corrected chi connectivity index (χ3v) is 8.22. The van der Waals surface area contributed by atoms with Crippen LogP contribution in [0, 0.1) is 0 Å². The summed E-state index contributed by atoms with van der Waals surface area (Å²) in [5.41, 5.74) is 4.31. The van der Waals surface area contributed by atoms with Gasteiger partial charge in [0.2, 0.25) is 10.0 Å². The van der Waals surface area contributed by atoms with E-state index >= 15 is 0 Å². The molecule has 0 atom stereocenters. The first kappa shape index (κ1) is 25.7. The lowest BCUT2D eigenvalue weighted by atomic mass is 10.1. The third kappa shape index (κ3) is 5.62. The van der Waals surface area contributed by atoms with Crippen LogP contribution >= 0.6 is 0 Å². The van der Waals surface area contributed by atoms with E-state index in [2.05, 4.69) is 34.2 Å². The van der Waals surface area contributed by atoms with Crippen molar-refractivity contribution in [3.05, 3.63) is 109 Å². The minimum absolute atomic E-state index is 0.117. The van der Waals surface area contributed by atoms with Crippen LogP contribution in [0.1, 0.15) is 5.56 Å². The van der Waals surface area contributed by atoms with Crippen molar-refractivity contribution in [1.82, 2.24) is 4.31 Å². The van der Waals surface area contributed by atoms with E-state index in [-0.39, 0.29) is 4.90 Å². The molecule has 0 aliphatic carbocycles. The van der Waals surface area contributed by atoms with Gasteiger partial charge in [-0.15, -0.1) is 0 Å². The molecule has 1 fully saturated rings. The first-order valence-electron chi connectivity index (χ1n) is 12.4. The zero-order valence-corrected chi connectivity index (χ0v) is 21.9. The Balaban J connectivity index is 1.44. The molecule has 1 saturated heterocycles. The summed E-state index contributed by atoms with van der Waals surface area (Å²) in [5.74, 6) is 0.460. The Hall–Kier alpha value is -3.98. The number of hydrogen-bond donors (Lipinski definition) is 0. The second-order valence-corrected chi connectivity index (χ2v) is 10.6. The minimum Gasteiger partial charge on any atom is -0.497 e. The number of nitrogens with zero attached hydrogens (tertiary/aromatic N) is 3. The van der Waals surface area contributed by atoms with Crippen LogP contribution in [0.4, 0.5) is 22.7 Å². The highest BCUT2D eigenvalue weighted by molar-refractivity contribution is 7.89. The Morgan fingerprint density at radius 3 is 1.97 bits per heavy atom. The van der Waals surface area contributed by atoms with Crippen LogP contribution in [0.15, 0.2) is 113 Å². The van der Waals surface area contributed by atoms with Gasteiger partial charge in [-0.05, 0) is 54.1 Å². The monoisotopic (exact) mass is 527 g/mol. The number of benzene rings is 4. The second-order valence-electron chi connectivity index (χ2n) is 8.71. The van der Waals surface area contributed by atoms with Gasteiger partial charge in [0.05, 0.1) is 26.0 Å². The van der Waals surface area contributed by atoms with Crippen LogP contribution < -0.4 is 9.64 Å². The number of ether oxygens (including phenoxy) is 2. The van der Waals surface area contributed by atoms with E-state index in [4.69, 9.17) is 9.47 Å². The predicted octanol–water partition coefficient (Wildman–Crippen LogP) is 5.94. The fourth-order valence-corrected chi connectivity index (χ4v) is 5.87. The summed E-state index contributed by atoms with van der Waals surface area (Å²) in [7, 11) is -2.24. The van der Waals surface area contributed by atoms with Gasteiger partial charge in [-0.25, -0.2) is 8.42 Å². The number of aliphatic imine (C=N–C) groups is 1. The molecular formula is C30H29N3O4S. The SMILES string of the molecule is COc1ccc(N=Cc2ccc(N(c3ccccc3)c3ccccc3)cc2)c(S(=O)(=O)N2CCOCC2)c1. The molecule has 0 saturated carbocycles. The number of methoxy groups -OCH3 is 1. The third-order valence-electron chi connectivity index (χ3n) is 6.29. The lowest BCUT2D eigenvalue weighted by molar-refractivity contribution is 0.0730. The molecule has 1 aliphatic rings. The van der Waals surface area contributed by atoms with Crippen LogP contribution in [0.3, 0.4) is 0 Å². The van der Waals surface area contributed by atoms with E-state index in [1.165, 1.54) is 17.5 Å². The van der Waals surface area contributed by atoms with Crippen LogP contribution in [-0.2, 0) is 14.8 Å². The summed E-state index contributed by atoms with van der Waals surface area (Å²) in [6, 6.07) is 33.3. The van der Waals surface area contributed by atoms with Gasteiger partial charge >= 0.3 is 0 Å². The number of para-hydroxylation sites is 2. The summed E-state index contributed by atoms with van der Waals surface area (Å²) >= 11 is 0. The fraction of sp³-hybridized carbons (Fsp3) is 0.167. The molecule has 7 nitrogen and oxygen atoms in total. The van der Waals surface area contributed by atoms with E-state index in [1.54, 1.807) is 18.3 Å². The molecule has 194 valence electrons. The minimum atomic E-state index is -3.76. The van der Waals surface area contributed by atoms with Gasteiger partial charge in [-0.3, -0.25) is 4.99 Å². The first-order chi connectivity index (χ1) is 18.6. The van der Waals surface area contributed by atoms with Gasteiger partial charge < -0.3 is 14.4 Å². The molecule has 0 bridgehead atoms. The normalized spacial score (nSPS) is 14.4. The Morgan fingerprint density at radius 1 is 0.816 bits per heavy atom. The van der Waals surface area contributed by atoms with Crippen molar-refractivity contribution in [2.45, 2.75) is 4.90 Å².